The van der Waals surface area contributed by atoms with Gasteiger partial charge in [-0.3, -0.25) is 0 Å². The van der Waals surface area contributed by atoms with Gasteiger partial charge in [0.05, 0.1) is 7.11 Å². The molecule has 2 aromatic rings. The summed E-state index contributed by atoms with van der Waals surface area (Å²) in [6, 6.07) is 7.72. The molecule has 0 unspecified atom stereocenters. The first-order valence-electron chi connectivity index (χ1n) is 4.72. The van der Waals surface area contributed by atoms with Gasteiger partial charge in [0.1, 0.15) is 11.4 Å². The van der Waals surface area contributed by atoms with E-state index in [9.17, 15) is 0 Å². The Kier molecular flexibility index (Phi) is 2.69. The van der Waals surface area contributed by atoms with Gasteiger partial charge in [-0.2, -0.15) is 5.10 Å². The molecule has 0 fully saturated rings. The van der Waals surface area contributed by atoms with Crippen LogP contribution >= 0.6 is 0 Å². The molecule has 1 aromatic carbocycles. The molecule has 0 saturated heterocycles. The zero-order valence-electron chi connectivity index (χ0n) is 8.55. The van der Waals surface area contributed by atoms with E-state index >= 15 is 0 Å². The van der Waals surface area contributed by atoms with Crippen LogP contribution in [0.15, 0.2) is 36.7 Å². The number of nitrogens with two attached hydrogens (primary N) is 1. The van der Waals surface area contributed by atoms with Crippen LogP contribution in [0.25, 0.3) is 5.69 Å². The van der Waals surface area contributed by atoms with Crippen molar-refractivity contribution in [2.45, 2.75) is 6.54 Å². The molecular weight excluding hydrogens is 190 g/mol. The van der Waals surface area contributed by atoms with Crippen LogP contribution in [0.2, 0.25) is 0 Å². The lowest BCUT2D eigenvalue weighted by Crippen LogP contribution is -2.01. The third-order valence-corrected chi connectivity index (χ3v) is 2.23. The van der Waals surface area contributed by atoms with Crippen molar-refractivity contribution in [3.8, 4) is 11.4 Å². The van der Waals surface area contributed by atoms with Gasteiger partial charge in [-0.05, 0) is 23.8 Å². The minimum atomic E-state index is 0.510. The van der Waals surface area contributed by atoms with E-state index in [1.165, 1.54) is 0 Å². The molecular formula is C11H13N3O. The van der Waals surface area contributed by atoms with Crippen molar-refractivity contribution in [1.29, 1.82) is 0 Å². The van der Waals surface area contributed by atoms with Crippen molar-refractivity contribution in [2.75, 3.05) is 7.11 Å². The molecule has 0 aliphatic rings. The maximum atomic E-state index is 5.56. The van der Waals surface area contributed by atoms with Crippen LogP contribution in [-0.4, -0.2) is 16.9 Å². The van der Waals surface area contributed by atoms with Crippen molar-refractivity contribution in [3.63, 3.8) is 0 Å². The molecule has 0 spiro atoms. The van der Waals surface area contributed by atoms with Crippen LogP contribution in [-0.2, 0) is 6.54 Å². The lowest BCUT2D eigenvalue weighted by molar-refractivity contribution is 0.411. The third kappa shape index (κ3) is 1.85. The molecule has 1 aromatic heterocycles. The SMILES string of the molecule is COc1cc(CN)ccc1-n1cccn1. The highest BCUT2D eigenvalue weighted by atomic mass is 16.5. The Labute approximate surface area is 88.3 Å². The summed E-state index contributed by atoms with van der Waals surface area (Å²) in [6.07, 6.45) is 3.61. The first kappa shape index (κ1) is 9.73. The zero-order valence-corrected chi connectivity index (χ0v) is 8.55. The van der Waals surface area contributed by atoms with Gasteiger partial charge >= 0.3 is 0 Å². The van der Waals surface area contributed by atoms with Crippen LogP contribution in [0.4, 0.5) is 0 Å². The summed E-state index contributed by atoms with van der Waals surface area (Å²) in [7, 11) is 1.64. The number of methoxy groups -OCH3 is 1. The van der Waals surface area contributed by atoms with Crippen molar-refractivity contribution in [1.82, 2.24) is 9.78 Å². The van der Waals surface area contributed by atoms with Gasteiger partial charge < -0.3 is 10.5 Å². The normalized spacial score (nSPS) is 10.3. The molecule has 2 N–H and O–H groups in total. The fraction of sp³-hybridized carbons (Fsp3) is 0.182. The standard InChI is InChI=1S/C11H13N3O/c1-15-11-7-9(8-12)3-4-10(11)14-6-2-5-13-14/h2-7H,8,12H2,1H3. The Bertz CT molecular complexity index is 437. The largest absolute Gasteiger partial charge is 0.494 e. The molecule has 15 heavy (non-hydrogen) atoms. The highest BCUT2D eigenvalue weighted by Crippen LogP contribution is 2.23. The van der Waals surface area contributed by atoms with Crippen molar-refractivity contribution in [3.05, 3.63) is 42.2 Å². The van der Waals surface area contributed by atoms with Crippen LogP contribution in [0.1, 0.15) is 5.56 Å². The molecule has 2 rings (SSSR count). The Balaban J connectivity index is 2.48. The Hall–Kier alpha value is -1.81. The predicted octanol–water partition coefficient (Wildman–Crippen LogP) is 1.34. The highest BCUT2D eigenvalue weighted by Gasteiger charge is 2.05. The quantitative estimate of drug-likeness (QED) is 0.819. The lowest BCUT2D eigenvalue weighted by atomic mass is 10.2. The van der Waals surface area contributed by atoms with Crippen LogP contribution in [0.3, 0.4) is 0 Å². The van der Waals surface area contributed by atoms with E-state index in [-0.39, 0.29) is 0 Å². The van der Waals surface area contributed by atoms with E-state index in [0.29, 0.717) is 6.54 Å². The molecule has 0 bridgehead atoms. The summed E-state index contributed by atoms with van der Waals surface area (Å²) in [6.45, 7) is 0.510. The first-order chi connectivity index (χ1) is 7.35. The molecule has 0 radical (unpaired) electrons. The number of rotatable bonds is 3. The Morgan fingerprint density at radius 2 is 2.33 bits per heavy atom. The van der Waals surface area contributed by atoms with Gasteiger partial charge in [0, 0.05) is 18.9 Å². The maximum absolute atomic E-state index is 5.56. The lowest BCUT2D eigenvalue weighted by Gasteiger charge is -2.09. The molecule has 4 nitrogen and oxygen atoms in total. The molecule has 78 valence electrons. The van der Waals surface area contributed by atoms with Gasteiger partial charge in [0.15, 0.2) is 0 Å². The fourth-order valence-corrected chi connectivity index (χ4v) is 1.45. The van der Waals surface area contributed by atoms with E-state index in [1.54, 1.807) is 18.0 Å². The third-order valence-electron chi connectivity index (χ3n) is 2.23. The van der Waals surface area contributed by atoms with Gasteiger partial charge in [-0.1, -0.05) is 6.07 Å². The summed E-state index contributed by atoms with van der Waals surface area (Å²) >= 11 is 0. The summed E-state index contributed by atoms with van der Waals surface area (Å²) in [5.74, 6) is 0.779. The second kappa shape index (κ2) is 4.14. The van der Waals surface area contributed by atoms with Gasteiger partial charge in [-0.25, -0.2) is 4.68 Å². The smallest absolute Gasteiger partial charge is 0.144 e. The summed E-state index contributed by atoms with van der Waals surface area (Å²) in [5.41, 5.74) is 7.52. The van der Waals surface area contributed by atoms with Gasteiger partial charge in [0.25, 0.3) is 0 Å². The molecule has 0 atom stereocenters. The molecule has 4 heteroatoms. The van der Waals surface area contributed by atoms with Gasteiger partial charge in [0.2, 0.25) is 0 Å². The predicted molar refractivity (Wildman–Crippen MR) is 58.0 cm³/mol. The molecule has 1 heterocycles. The molecule has 0 aliphatic carbocycles. The van der Waals surface area contributed by atoms with Gasteiger partial charge in [-0.15, -0.1) is 0 Å². The van der Waals surface area contributed by atoms with Crippen LogP contribution < -0.4 is 10.5 Å². The zero-order chi connectivity index (χ0) is 10.7. The minimum Gasteiger partial charge on any atom is -0.494 e. The molecule has 0 amide bonds. The maximum Gasteiger partial charge on any atom is 0.144 e. The number of benzene rings is 1. The monoisotopic (exact) mass is 203 g/mol. The highest BCUT2D eigenvalue weighted by molar-refractivity contribution is 5.48. The van der Waals surface area contributed by atoms with E-state index in [4.69, 9.17) is 10.5 Å². The van der Waals surface area contributed by atoms with Crippen molar-refractivity contribution < 1.29 is 4.74 Å². The average Bonchev–Trinajstić information content (AvgIpc) is 2.81. The van der Waals surface area contributed by atoms with Crippen LogP contribution in [0, 0.1) is 0 Å². The van der Waals surface area contributed by atoms with Crippen molar-refractivity contribution in [2.24, 2.45) is 5.73 Å². The van der Waals surface area contributed by atoms with Crippen LogP contribution in [0.5, 0.6) is 5.75 Å². The topological polar surface area (TPSA) is 53.1 Å². The molecule has 0 saturated carbocycles. The number of ether oxygens (including phenoxy) is 1. The fourth-order valence-electron chi connectivity index (χ4n) is 1.45. The summed E-state index contributed by atoms with van der Waals surface area (Å²) in [4.78, 5) is 0. The minimum absolute atomic E-state index is 0.510. The Morgan fingerprint density at radius 3 is 2.93 bits per heavy atom. The van der Waals surface area contributed by atoms with E-state index < -0.39 is 0 Å². The second-order valence-corrected chi connectivity index (χ2v) is 3.16. The number of aromatic nitrogens is 2. The first-order valence-corrected chi connectivity index (χ1v) is 4.72. The second-order valence-electron chi connectivity index (χ2n) is 3.16. The van der Waals surface area contributed by atoms with Crippen molar-refractivity contribution >= 4 is 0 Å². The summed E-state index contributed by atoms with van der Waals surface area (Å²) in [5, 5.41) is 4.16. The number of hydrogen-bond acceptors (Lipinski definition) is 3. The Morgan fingerprint density at radius 1 is 1.47 bits per heavy atom. The average molecular weight is 203 g/mol. The van der Waals surface area contributed by atoms with E-state index in [2.05, 4.69) is 5.10 Å². The van der Waals surface area contributed by atoms with E-state index in [1.807, 2.05) is 30.5 Å². The summed E-state index contributed by atoms with van der Waals surface area (Å²) < 4.78 is 7.06. The molecule has 0 aliphatic heterocycles. The number of hydrogen-bond donors (Lipinski definition) is 1. The van der Waals surface area contributed by atoms with E-state index in [0.717, 1.165) is 17.0 Å². The number of nitrogens with zero attached hydrogens (tertiary/aromatic N) is 2.